The molecule has 2 amide bonds. The number of halogens is 3. The second-order valence-corrected chi connectivity index (χ2v) is 5.27. The summed E-state index contributed by atoms with van der Waals surface area (Å²) in [5.74, 6) is 0.327. The average Bonchev–Trinajstić information content (AvgIpc) is 2.79. The molecule has 1 aromatic carbocycles. The summed E-state index contributed by atoms with van der Waals surface area (Å²) >= 11 is 0. The van der Waals surface area contributed by atoms with Crippen LogP contribution >= 0.6 is 0 Å². The van der Waals surface area contributed by atoms with Crippen LogP contribution in [0.1, 0.15) is 18.9 Å². The van der Waals surface area contributed by atoms with Crippen molar-refractivity contribution in [3.05, 3.63) is 29.8 Å². The van der Waals surface area contributed by atoms with Gasteiger partial charge in [0.1, 0.15) is 0 Å². The fourth-order valence-electron chi connectivity index (χ4n) is 2.56. The number of carbonyl (C=O) groups is 1. The number of amides is 2. The van der Waals surface area contributed by atoms with Crippen molar-refractivity contribution in [2.24, 2.45) is 11.7 Å². The van der Waals surface area contributed by atoms with Gasteiger partial charge in [-0.3, -0.25) is 0 Å². The Hall–Kier alpha value is -1.76. The van der Waals surface area contributed by atoms with Crippen molar-refractivity contribution in [1.82, 2.24) is 4.90 Å². The number of hydrogen-bond donors (Lipinski definition) is 2. The van der Waals surface area contributed by atoms with Crippen LogP contribution in [0.3, 0.4) is 0 Å². The molecular formula is C14H18F3N3O. The van der Waals surface area contributed by atoms with E-state index >= 15 is 0 Å². The largest absolute Gasteiger partial charge is 0.416 e. The minimum Gasteiger partial charge on any atom is -0.328 e. The third-order valence-corrected chi connectivity index (χ3v) is 3.85. The van der Waals surface area contributed by atoms with Gasteiger partial charge in [-0.15, -0.1) is 0 Å². The van der Waals surface area contributed by atoms with Gasteiger partial charge in [-0.05, 0) is 36.6 Å². The average molecular weight is 301 g/mol. The van der Waals surface area contributed by atoms with Crippen LogP contribution in [0.25, 0.3) is 0 Å². The van der Waals surface area contributed by atoms with Crippen LogP contribution in [0.4, 0.5) is 23.7 Å². The van der Waals surface area contributed by atoms with Gasteiger partial charge in [-0.2, -0.15) is 13.2 Å². The molecule has 0 aromatic heterocycles. The predicted octanol–water partition coefficient (Wildman–Crippen LogP) is 2.91. The molecule has 21 heavy (non-hydrogen) atoms. The monoisotopic (exact) mass is 301 g/mol. The summed E-state index contributed by atoms with van der Waals surface area (Å²) in [7, 11) is 0. The van der Waals surface area contributed by atoms with Crippen molar-refractivity contribution in [3.63, 3.8) is 0 Å². The third kappa shape index (κ3) is 3.47. The third-order valence-electron chi connectivity index (χ3n) is 3.85. The van der Waals surface area contributed by atoms with Gasteiger partial charge in [0.15, 0.2) is 0 Å². The number of benzene rings is 1. The first kappa shape index (κ1) is 15.6. The molecule has 7 heteroatoms. The molecule has 0 spiro atoms. The lowest BCUT2D eigenvalue weighted by Gasteiger charge is -2.26. The number of rotatable bonds is 2. The van der Waals surface area contributed by atoms with E-state index in [9.17, 15) is 18.0 Å². The molecule has 2 unspecified atom stereocenters. The van der Waals surface area contributed by atoms with E-state index in [-0.39, 0.29) is 12.1 Å². The van der Waals surface area contributed by atoms with E-state index in [0.717, 1.165) is 18.6 Å². The number of nitrogens with zero attached hydrogens (tertiary/aromatic N) is 1. The number of alkyl halides is 3. The molecule has 4 nitrogen and oxygen atoms in total. The van der Waals surface area contributed by atoms with E-state index < -0.39 is 11.7 Å². The van der Waals surface area contributed by atoms with E-state index in [1.165, 1.54) is 12.1 Å². The van der Waals surface area contributed by atoms with E-state index in [1.54, 1.807) is 4.90 Å². The summed E-state index contributed by atoms with van der Waals surface area (Å²) < 4.78 is 37.4. The predicted molar refractivity (Wildman–Crippen MR) is 73.8 cm³/mol. The van der Waals surface area contributed by atoms with Crippen LogP contribution in [-0.4, -0.2) is 30.1 Å². The van der Waals surface area contributed by atoms with Gasteiger partial charge in [-0.1, -0.05) is 6.92 Å². The van der Waals surface area contributed by atoms with E-state index in [0.29, 0.717) is 24.7 Å². The lowest BCUT2D eigenvalue weighted by atomic mass is 10.0. The second-order valence-electron chi connectivity index (χ2n) is 5.27. The molecule has 116 valence electrons. The Morgan fingerprint density at radius 3 is 2.52 bits per heavy atom. The van der Waals surface area contributed by atoms with Gasteiger partial charge in [0.05, 0.1) is 5.56 Å². The summed E-state index contributed by atoms with van der Waals surface area (Å²) in [4.78, 5) is 13.8. The normalized spacial score (nSPS) is 22.4. The van der Waals surface area contributed by atoms with Crippen LogP contribution < -0.4 is 11.1 Å². The fourth-order valence-corrected chi connectivity index (χ4v) is 2.56. The second kappa shape index (κ2) is 5.93. The van der Waals surface area contributed by atoms with Crippen molar-refractivity contribution >= 4 is 11.7 Å². The smallest absolute Gasteiger partial charge is 0.328 e. The van der Waals surface area contributed by atoms with Gasteiger partial charge in [0.25, 0.3) is 0 Å². The zero-order chi connectivity index (χ0) is 15.6. The lowest BCUT2D eigenvalue weighted by molar-refractivity contribution is -0.137. The van der Waals surface area contributed by atoms with Crippen molar-refractivity contribution < 1.29 is 18.0 Å². The number of anilines is 1. The first-order chi connectivity index (χ1) is 9.82. The Morgan fingerprint density at radius 2 is 2.00 bits per heavy atom. The number of hydrogen-bond acceptors (Lipinski definition) is 2. The summed E-state index contributed by atoms with van der Waals surface area (Å²) in [6, 6.07) is 4.04. The summed E-state index contributed by atoms with van der Waals surface area (Å²) in [5.41, 5.74) is 5.26. The molecule has 3 N–H and O–H groups in total. The summed E-state index contributed by atoms with van der Waals surface area (Å²) in [5, 5.41) is 2.61. The highest BCUT2D eigenvalue weighted by Crippen LogP contribution is 2.30. The lowest BCUT2D eigenvalue weighted by Crippen LogP contribution is -2.44. The molecule has 1 aliphatic heterocycles. The van der Waals surface area contributed by atoms with Gasteiger partial charge in [-0.25, -0.2) is 4.79 Å². The van der Waals surface area contributed by atoms with Gasteiger partial charge in [0.2, 0.25) is 0 Å². The van der Waals surface area contributed by atoms with E-state index in [4.69, 9.17) is 5.73 Å². The molecular weight excluding hydrogens is 283 g/mol. The minimum atomic E-state index is -4.38. The Balaban J connectivity index is 2.03. The Morgan fingerprint density at radius 1 is 1.38 bits per heavy atom. The standard InChI is InChI=1S/C14H18F3N3O/c1-9-6-7-20(12(9)8-18)13(21)19-11-4-2-10(3-5-11)14(15,16)17/h2-5,9,12H,6-8,18H2,1H3,(H,19,21). The zero-order valence-corrected chi connectivity index (χ0v) is 11.7. The fraction of sp³-hybridized carbons (Fsp3) is 0.500. The van der Waals surface area contributed by atoms with Gasteiger partial charge < -0.3 is 16.0 Å². The van der Waals surface area contributed by atoms with E-state index in [1.807, 2.05) is 6.92 Å². The molecule has 0 aliphatic carbocycles. The number of nitrogens with one attached hydrogen (secondary N) is 1. The number of likely N-dealkylation sites (tertiary alicyclic amines) is 1. The molecule has 2 rings (SSSR count). The van der Waals surface area contributed by atoms with Crippen LogP contribution in [0.15, 0.2) is 24.3 Å². The number of nitrogens with two attached hydrogens (primary N) is 1. The highest BCUT2D eigenvalue weighted by Gasteiger charge is 2.33. The van der Waals surface area contributed by atoms with Gasteiger partial charge >= 0.3 is 12.2 Å². The topological polar surface area (TPSA) is 58.4 Å². The summed E-state index contributed by atoms with van der Waals surface area (Å²) in [6.07, 6.45) is -3.50. The molecule has 0 radical (unpaired) electrons. The number of carbonyl (C=O) groups excluding carboxylic acids is 1. The van der Waals surface area contributed by atoms with Crippen molar-refractivity contribution in [2.75, 3.05) is 18.4 Å². The van der Waals surface area contributed by atoms with Gasteiger partial charge in [0, 0.05) is 24.8 Å². The van der Waals surface area contributed by atoms with Crippen LogP contribution in [-0.2, 0) is 6.18 Å². The van der Waals surface area contributed by atoms with Crippen molar-refractivity contribution in [2.45, 2.75) is 25.6 Å². The molecule has 1 heterocycles. The Labute approximate surface area is 121 Å². The van der Waals surface area contributed by atoms with Crippen LogP contribution in [0.2, 0.25) is 0 Å². The van der Waals surface area contributed by atoms with Crippen LogP contribution in [0, 0.1) is 5.92 Å². The number of urea groups is 1. The molecule has 0 bridgehead atoms. The summed E-state index contributed by atoms with van der Waals surface area (Å²) in [6.45, 7) is 3.01. The first-order valence-electron chi connectivity index (χ1n) is 6.78. The van der Waals surface area contributed by atoms with Crippen molar-refractivity contribution in [3.8, 4) is 0 Å². The molecule has 0 saturated carbocycles. The van der Waals surface area contributed by atoms with Crippen molar-refractivity contribution in [1.29, 1.82) is 0 Å². The molecule has 1 aromatic rings. The maximum atomic E-state index is 12.5. The minimum absolute atomic E-state index is 0.0283. The molecule has 1 fully saturated rings. The Bertz CT molecular complexity index is 501. The highest BCUT2D eigenvalue weighted by atomic mass is 19.4. The highest BCUT2D eigenvalue weighted by molar-refractivity contribution is 5.89. The van der Waals surface area contributed by atoms with Crippen LogP contribution in [0.5, 0.6) is 0 Å². The molecule has 1 aliphatic rings. The maximum Gasteiger partial charge on any atom is 0.416 e. The van der Waals surface area contributed by atoms with E-state index in [2.05, 4.69) is 5.32 Å². The maximum absolute atomic E-state index is 12.5. The SMILES string of the molecule is CC1CCN(C(=O)Nc2ccc(C(F)(F)F)cc2)C1CN. The molecule has 2 atom stereocenters. The first-order valence-corrected chi connectivity index (χ1v) is 6.78. The quantitative estimate of drug-likeness (QED) is 0.882. The Kier molecular flexibility index (Phi) is 4.41. The zero-order valence-electron chi connectivity index (χ0n) is 11.7. The molecule has 1 saturated heterocycles.